The highest BCUT2D eigenvalue weighted by atomic mass is 32.2. The number of halogens is 1. The molecule has 0 saturated heterocycles. The Balaban J connectivity index is 2.00. The Hall–Kier alpha value is -2.68. The minimum atomic E-state index is -3.18. The van der Waals surface area contributed by atoms with Crippen LogP contribution in [0.15, 0.2) is 29.8 Å². The maximum atomic E-state index is 13.8. The predicted molar refractivity (Wildman–Crippen MR) is 90.4 cm³/mol. The van der Waals surface area contributed by atoms with Gasteiger partial charge < -0.3 is 5.73 Å². The summed E-state index contributed by atoms with van der Waals surface area (Å²) in [4.78, 5) is 16.1. The van der Waals surface area contributed by atoms with Crippen LogP contribution < -0.4 is 5.73 Å². The molecule has 4 rings (SSSR count). The molecule has 3 N–H and O–H groups in total. The number of carbonyl (C=O) groups excluding carboxylic acids is 1. The van der Waals surface area contributed by atoms with Gasteiger partial charge in [0, 0.05) is 28.6 Å². The highest BCUT2D eigenvalue weighted by Gasteiger charge is 2.33. The molecule has 0 saturated carbocycles. The molecule has 3 heterocycles. The van der Waals surface area contributed by atoms with Gasteiger partial charge >= 0.3 is 0 Å². The average molecular weight is 362 g/mol. The fourth-order valence-electron chi connectivity index (χ4n) is 3.27. The molecule has 25 heavy (non-hydrogen) atoms. The van der Waals surface area contributed by atoms with E-state index in [1.54, 1.807) is 16.8 Å². The first-order valence-corrected chi connectivity index (χ1v) is 9.33. The van der Waals surface area contributed by atoms with Gasteiger partial charge in [-0.15, -0.1) is 0 Å². The van der Waals surface area contributed by atoms with E-state index in [2.05, 4.69) is 10.1 Å². The first-order valence-electron chi connectivity index (χ1n) is 7.62. The number of rotatable bonds is 2. The molecule has 1 aromatic carbocycles. The Labute approximate surface area is 142 Å². The molecule has 9 heteroatoms. The molecule has 1 atom stereocenters. The molecule has 0 bridgehead atoms. The van der Waals surface area contributed by atoms with Crippen LogP contribution in [0.4, 0.5) is 4.39 Å². The third kappa shape index (κ3) is 2.34. The predicted octanol–water partition coefficient (Wildman–Crippen LogP) is 1.64. The van der Waals surface area contributed by atoms with Crippen LogP contribution >= 0.6 is 0 Å². The van der Waals surface area contributed by atoms with Gasteiger partial charge in [0.2, 0.25) is 0 Å². The summed E-state index contributed by atoms with van der Waals surface area (Å²) in [5.41, 5.74) is 6.83. The molecule has 3 aromatic rings. The van der Waals surface area contributed by atoms with Crippen LogP contribution in [-0.4, -0.2) is 34.7 Å². The molecule has 1 aliphatic rings. The van der Waals surface area contributed by atoms with E-state index in [0.717, 1.165) is 11.6 Å². The Morgan fingerprint density at radius 2 is 2.20 bits per heavy atom. The number of aromatic nitrogens is 3. The van der Waals surface area contributed by atoms with Crippen molar-refractivity contribution in [3.8, 4) is 0 Å². The van der Waals surface area contributed by atoms with Crippen molar-refractivity contribution in [2.75, 3.05) is 5.75 Å². The van der Waals surface area contributed by atoms with E-state index in [1.165, 1.54) is 11.5 Å². The van der Waals surface area contributed by atoms with Crippen molar-refractivity contribution in [1.29, 1.82) is 0 Å². The van der Waals surface area contributed by atoms with Gasteiger partial charge in [0.15, 0.2) is 15.5 Å². The zero-order valence-corrected chi connectivity index (χ0v) is 14.1. The van der Waals surface area contributed by atoms with E-state index in [-0.39, 0.29) is 11.3 Å². The summed E-state index contributed by atoms with van der Waals surface area (Å²) in [6.07, 6.45) is 3.77. The Kier molecular flexibility index (Phi) is 3.11. The number of allylic oxidation sites excluding steroid dienone is 1. The van der Waals surface area contributed by atoms with Crippen LogP contribution in [0, 0.1) is 5.82 Å². The van der Waals surface area contributed by atoms with Crippen LogP contribution in [0.2, 0.25) is 0 Å². The molecule has 1 aliphatic heterocycles. The molecule has 2 aromatic heterocycles. The van der Waals surface area contributed by atoms with Crippen molar-refractivity contribution in [3.05, 3.63) is 46.8 Å². The monoisotopic (exact) mass is 362 g/mol. The Bertz CT molecular complexity index is 1180. The minimum absolute atomic E-state index is 0.0304. The Morgan fingerprint density at radius 1 is 1.44 bits per heavy atom. The topological polar surface area (TPSA) is 110 Å². The first-order chi connectivity index (χ1) is 11.7. The molecular weight excluding hydrogens is 347 g/mol. The van der Waals surface area contributed by atoms with Gasteiger partial charge in [-0.25, -0.2) is 22.3 Å². The number of sulfone groups is 1. The van der Waals surface area contributed by atoms with Gasteiger partial charge in [0.25, 0.3) is 5.91 Å². The van der Waals surface area contributed by atoms with Crippen LogP contribution in [0.3, 0.4) is 0 Å². The third-order valence-corrected chi connectivity index (χ3v) is 6.05. The van der Waals surface area contributed by atoms with Crippen molar-refractivity contribution < 1.29 is 17.6 Å². The van der Waals surface area contributed by atoms with Crippen LogP contribution in [0.1, 0.15) is 29.3 Å². The largest absolute Gasteiger partial charge is 0.366 e. The number of hydrogen-bond donors (Lipinski definition) is 2. The molecule has 0 aliphatic carbocycles. The zero-order chi connectivity index (χ0) is 18.0. The average Bonchev–Trinajstić information content (AvgIpc) is 3.08. The van der Waals surface area contributed by atoms with Gasteiger partial charge in [0.1, 0.15) is 11.3 Å². The van der Waals surface area contributed by atoms with E-state index in [0.29, 0.717) is 23.1 Å². The number of amides is 1. The lowest BCUT2D eigenvalue weighted by Gasteiger charge is -2.27. The normalized spacial score (nSPS) is 22.6. The van der Waals surface area contributed by atoms with Gasteiger partial charge in [-0.05, 0) is 12.5 Å². The molecule has 1 unspecified atom stereocenters. The van der Waals surface area contributed by atoms with Crippen molar-refractivity contribution in [2.24, 2.45) is 5.73 Å². The molecular formula is C16H15FN4O3S. The number of aromatic amines is 1. The second-order valence-corrected chi connectivity index (χ2v) is 8.49. The molecule has 0 fully saturated rings. The molecule has 1 amide bonds. The van der Waals surface area contributed by atoms with Crippen molar-refractivity contribution >= 4 is 32.4 Å². The second-order valence-electron chi connectivity index (χ2n) is 6.48. The van der Waals surface area contributed by atoms with E-state index < -0.39 is 27.0 Å². The van der Waals surface area contributed by atoms with Crippen molar-refractivity contribution in [3.63, 3.8) is 0 Å². The number of fused-ring (bicyclic) bond motifs is 3. The van der Waals surface area contributed by atoms with Gasteiger partial charge in [-0.1, -0.05) is 13.0 Å². The molecule has 0 radical (unpaired) electrons. The highest BCUT2D eigenvalue weighted by molar-refractivity contribution is 7.94. The summed E-state index contributed by atoms with van der Waals surface area (Å²) in [6, 6.07) is 2.31. The molecule has 130 valence electrons. The minimum Gasteiger partial charge on any atom is -0.366 e. The molecule has 7 nitrogen and oxygen atoms in total. The third-order valence-electron chi connectivity index (χ3n) is 4.73. The number of carbonyl (C=O) groups is 1. The van der Waals surface area contributed by atoms with E-state index in [9.17, 15) is 17.6 Å². The van der Waals surface area contributed by atoms with Crippen molar-refractivity contribution in [2.45, 2.75) is 18.8 Å². The Morgan fingerprint density at radius 3 is 2.84 bits per heavy atom. The smallest absolute Gasteiger partial charge is 0.251 e. The first kappa shape index (κ1) is 15.8. The summed E-state index contributed by atoms with van der Waals surface area (Å²) < 4.78 is 38.7. The van der Waals surface area contributed by atoms with E-state index in [1.807, 2.05) is 6.92 Å². The maximum absolute atomic E-state index is 13.8. The zero-order valence-electron chi connectivity index (χ0n) is 13.3. The number of nitrogens with two attached hydrogens (primary N) is 1. The summed E-state index contributed by atoms with van der Waals surface area (Å²) >= 11 is 0. The lowest BCUT2D eigenvalue weighted by Crippen LogP contribution is -2.27. The molecule has 0 spiro atoms. The summed E-state index contributed by atoms with van der Waals surface area (Å²) in [7, 11) is -3.18. The second kappa shape index (κ2) is 4.92. The van der Waals surface area contributed by atoms with Gasteiger partial charge in [-0.2, -0.15) is 0 Å². The van der Waals surface area contributed by atoms with Crippen LogP contribution in [0.5, 0.6) is 0 Å². The number of nitrogens with zero attached hydrogens (tertiary/aromatic N) is 2. The van der Waals surface area contributed by atoms with Crippen LogP contribution in [-0.2, 0) is 15.3 Å². The number of H-pyrrole nitrogens is 1. The van der Waals surface area contributed by atoms with Crippen molar-refractivity contribution in [1.82, 2.24) is 14.6 Å². The summed E-state index contributed by atoms with van der Waals surface area (Å²) in [6.45, 7) is 1.91. The van der Waals surface area contributed by atoms with Crippen LogP contribution in [0.25, 0.3) is 16.7 Å². The number of nitrogens with one attached hydrogen (secondary N) is 1. The maximum Gasteiger partial charge on any atom is 0.251 e. The fraction of sp³-hybridized carbons (Fsp3) is 0.250. The lowest BCUT2D eigenvalue weighted by atomic mass is 9.81. The number of benzene rings is 1. The quantitative estimate of drug-likeness (QED) is 0.722. The van der Waals surface area contributed by atoms with Gasteiger partial charge in [0.05, 0.1) is 16.8 Å². The van der Waals surface area contributed by atoms with Gasteiger partial charge in [-0.3, -0.25) is 9.89 Å². The fourth-order valence-corrected chi connectivity index (χ4v) is 4.62. The van der Waals surface area contributed by atoms with E-state index in [4.69, 9.17) is 5.73 Å². The summed E-state index contributed by atoms with van der Waals surface area (Å²) in [5, 5.41) is 4.23. The number of hydrogen-bond acceptors (Lipinski definition) is 4. The number of imidazole rings is 1. The SMILES string of the molecule is CC1(c2c[nH]n3c2nc2cc(F)cc(C(N)=O)c23)C=CS(=O)(=O)CC1. The lowest BCUT2D eigenvalue weighted by molar-refractivity contribution is 0.100. The van der Waals surface area contributed by atoms with E-state index >= 15 is 0 Å². The highest BCUT2D eigenvalue weighted by Crippen LogP contribution is 2.37. The number of primary amides is 1. The standard InChI is InChI=1S/C16H15FN4O3S/c1-16(2-4-25(23,24)5-3-16)11-8-19-21-13-10(14(18)22)6-9(17)7-12(13)20-15(11)21/h2,4,6-8,19H,3,5H2,1H3,(H2,18,22). The summed E-state index contributed by atoms with van der Waals surface area (Å²) in [5.74, 6) is -1.31.